The maximum Gasteiger partial charge on any atom is 0.340 e. The number of ether oxygens (including phenoxy) is 3. The molecule has 0 radical (unpaired) electrons. The normalized spacial score (nSPS) is 11.5. The maximum absolute atomic E-state index is 11.9. The number of benzene rings is 1. The Balaban J connectivity index is 2.35. The molecule has 1 aromatic carbocycles. The molecule has 1 unspecified atom stereocenters. The third-order valence-corrected chi connectivity index (χ3v) is 2.70. The van der Waals surface area contributed by atoms with Gasteiger partial charge in [0, 0.05) is 12.7 Å². The first-order chi connectivity index (χ1) is 10.0. The fourth-order valence-corrected chi connectivity index (χ4v) is 1.56. The van der Waals surface area contributed by atoms with Crippen LogP contribution in [-0.4, -0.2) is 31.8 Å². The molecular formula is C16H20O5. The lowest BCUT2D eigenvalue weighted by atomic mass is 10.2. The molecule has 0 spiro atoms. The first-order valence-corrected chi connectivity index (χ1v) is 6.66. The minimum atomic E-state index is -0.686. The summed E-state index contributed by atoms with van der Waals surface area (Å²) in [4.78, 5) is 23.1. The lowest BCUT2D eigenvalue weighted by Crippen LogP contribution is -2.28. The minimum absolute atomic E-state index is 0.212. The molecule has 21 heavy (non-hydrogen) atoms. The van der Waals surface area contributed by atoms with Gasteiger partial charge in [0.05, 0.1) is 6.61 Å². The summed E-state index contributed by atoms with van der Waals surface area (Å²) >= 11 is 0. The lowest BCUT2D eigenvalue weighted by Gasteiger charge is -2.14. The zero-order valence-corrected chi connectivity index (χ0v) is 12.3. The molecule has 0 saturated heterocycles. The molecule has 0 fully saturated rings. The minimum Gasteiger partial charge on any atom is -0.462 e. The predicted octanol–water partition coefficient (Wildman–Crippen LogP) is 2.51. The Kier molecular flexibility index (Phi) is 7.18. The number of para-hydroxylation sites is 1. The summed E-state index contributed by atoms with van der Waals surface area (Å²) in [5, 5.41) is 0. The van der Waals surface area contributed by atoms with E-state index >= 15 is 0 Å². The van der Waals surface area contributed by atoms with Crippen molar-refractivity contribution in [2.45, 2.75) is 25.9 Å². The highest BCUT2D eigenvalue weighted by Gasteiger charge is 2.20. The monoisotopic (exact) mass is 292 g/mol. The molecule has 1 rings (SSSR count). The molecule has 1 aromatic rings. The molecule has 0 aliphatic rings. The Morgan fingerprint density at radius 3 is 2.48 bits per heavy atom. The van der Waals surface area contributed by atoms with Gasteiger partial charge in [-0.3, -0.25) is 0 Å². The van der Waals surface area contributed by atoms with Crippen molar-refractivity contribution in [1.82, 2.24) is 0 Å². The fraction of sp³-hybridized carbons (Fsp3) is 0.375. The average molecular weight is 292 g/mol. The summed E-state index contributed by atoms with van der Waals surface area (Å²) in [5.74, 6) is -0.427. The number of hydrogen-bond acceptors (Lipinski definition) is 5. The van der Waals surface area contributed by atoms with Gasteiger partial charge in [0.2, 0.25) is 0 Å². The summed E-state index contributed by atoms with van der Waals surface area (Å²) in [7, 11) is 1.44. The number of methoxy groups -OCH3 is 1. The van der Waals surface area contributed by atoms with Crippen molar-refractivity contribution in [3.8, 4) is 5.75 Å². The number of carbonyl (C=O) groups is 2. The first-order valence-electron chi connectivity index (χ1n) is 6.66. The van der Waals surface area contributed by atoms with Crippen molar-refractivity contribution in [2.75, 3.05) is 13.7 Å². The van der Waals surface area contributed by atoms with Crippen LogP contribution in [0.1, 0.15) is 19.8 Å². The van der Waals surface area contributed by atoms with Crippen molar-refractivity contribution in [2.24, 2.45) is 0 Å². The van der Waals surface area contributed by atoms with E-state index < -0.39 is 18.0 Å². The SMILES string of the molecule is C=C(C)C(=O)OCCCC(OC)C(=O)Oc1ccccc1. The Morgan fingerprint density at radius 1 is 1.24 bits per heavy atom. The third-order valence-electron chi connectivity index (χ3n) is 2.70. The summed E-state index contributed by atoms with van der Waals surface area (Å²) in [6.07, 6.45) is 0.223. The van der Waals surface area contributed by atoms with Gasteiger partial charge in [0.25, 0.3) is 0 Å². The van der Waals surface area contributed by atoms with Crippen LogP contribution < -0.4 is 4.74 Å². The van der Waals surface area contributed by atoms with E-state index in [4.69, 9.17) is 14.2 Å². The third kappa shape index (κ3) is 6.23. The van der Waals surface area contributed by atoms with Crippen LogP contribution >= 0.6 is 0 Å². The smallest absolute Gasteiger partial charge is 0.340 e. The van der Waals surface area contributed by atoms with Gasteiger partial charge in [-0.05, 0) is 31.9 Å². The highest BCUT2D eigenvalue weighted by molar-refractivity contribution is 5.86. The molecule has 0 saturated carbocycles. The molecular weight excluding hydrogens is 272 g/mol. The van der Waals surface area contributed by atoms with Gasteiger partial charge in [-0.25, -0.2) is 9.59 Å². The number of esters is 2. The number of hydrogen-bond donors (Lipinski definition) is 0. The second kappa shape index (κ2) is 8.92. The van der Waals surface area contributed by atoms with Crippen LogP contribution in [0.3, 0.4) is 0 Å². The van der Waals surface area contributed by atoms with Crippen LogP contribution in [-0.2, 0) is 19.1 Å². The summed E-state index contributed by atoms with van der Waals surface area (Å²) in [5.41, 5.74) is 0.349. The maximum atomic E-state index is 11.9. The molecule has 0 N–H and O–H groups in total. The predicted molar refractivity (Wildman–Crippen MR) is 77.9 cm³/mol. The van der Waals surface area contributed by atoms with Crippen molar-refractivity contribution in [3.63, 3.8) is 0 Å². The van der Waals surface area contributed by atoms with Crippen LogP contribution in [0.15, 0.2) is 42.5 Å². The molecule has 0 aromatic heterocycles. The van der Waals surface area contributed by atoms with Crippen LogP contribution in [0.2, 0.25) is 0 Å². The molecule has 0 heterocycles. The summed E-state index contributed by atoms with van der Waals surface area (Å²) < 4.78 is 15.3. The lowest BCUT2D eigenvalue weighted by molar-refractivity contribution is -0.146. The van der Waals surface area contributed by atoms with E-state index in [1.807, 2.05) is 6.07 Å². The molecule has 5 heteroatoms. The quantitative estimate of drug-likeness (QED) is 0.319. The Morgan fingerprint density at radius 2 is 1.90 bits per heavy atom. The average Bonchev–Trinajstić information content (AvgIpc) is 2.47. The van der Waals surface area contributed by atoms with Crippen LogP contribution in [0.25, 0.3) is 0 Å². The standard InChI is InChI=1S/C16H20O5/c1-12(2)15(17)20-11-7-10-14(19-3)16(18)21-13-8-5-4-6-9-13/h4-6,8-9,14H,1,7,10-11H2,2-3H3. The van der Waals surface area contributed by atoms with E-state index in [9.17, 15) is 9.59 Å². The Bertz CT molecular complexity index is 481. The van der Waals surface area contributed by atoms with Gasteiger partial charge < -0.3 is 14.2 Å². The van der Waals surface area contributed by atoms with Crippen molar-refractivity contribution in [3.05, 3.63) is 42.5 Å². The zero-order chi connectivity index (χ0) is 15.7. The summed E-state index contributed by atoms with van der Waals surface area (Å²) in [6, 6.07) is 8.78. The van der Waals surface area contributed by atoms with Gasteiger partial charge in [-0.2, -0.15) is 0 Å². The van der Waals surface area contributed by atoms with Gasteiger partial charge in [-0.1, -0.05) is 24.8 Å². The largest absolute Gasteiger partial charge is 0.462 e. The van der Waals surface area contributed by atoms with Crippen LogP contribution in [0, 0.1) is 0 Å². The summed E-state index contributed by atoms with van der Waals surface area (Å²) in [6.45, 7) is 5.28. The topological polar surface area (TPSA) is 61.8 Å². The molecule has 0 amide bonds. The van der Waals surface area contributed by atoms with E-state index in [1.165, 1.54) is 7.11 Å². The van der Waals surface area contributed by atoms with Crippen molar-refractivity contribution >= 4 is 11.9 Å². The van der Waals surface area contributed by atoms with Gasteiger partial charge in [-0.15, -0.1) is 0 Å². The molecule has 0 bridgehead atoms. The molecule has 0 aliphatic carbocycles. The Hall–Kier alpha value is -2.14. The molecule has 114 valence electrons. The van der Waals surface area contributed by atoms with E-state index in [-0.39, 0.29) is 6.61 Å². The molecule has 1 atom stereocenters. The number of rotatable bonds is 8. The number of carbonyl (C=O) groups excluding carboxylic acids is 2. The highest BCUT2D eigenvalue weighted by atomic mass is 16.6. The van der Waals surface area contributed by atoms with E-state index in [2.05, 4.69) is 6.58 Å². The van der Waals surface area contributed by atoms with E-state index in [0.29, 0.717) is 24.2 Å². The van der Waals surface area contributed by atoms with Gasteiger partial charge >= 0.3 is 11.9 Å². The van der Waals surface area contributed by atoms with Crippen molar-refractivity contribution in [1.29, 1.82) is 0 Å². The first kappa shape index (κ1) is 16.9. The zero-order valence-electron chi connectivity index (χ0n) is 12.3. The fourth-order valence-electron chi connectivity index (χ4n) is 1.56. The van der Waals surface area contributed by atoms with E-state index in [1.54, 1.807) is 31.2 Å². The van der Waals surface area contributed by atoms with Gasteiger partial charge in [0.1, 0.15) is 5.75 Å². The second-order valence-corrected chi connectivity index (χ2v) is 4.52. The molecule has 0 aliphatic heterocycles. The van der Waals surface area contributed by atoms with E-state index in [0.717, 1.165) is 0 Å². The Labute approximate surface area is 124 Å². The van der Waals surface area contributed by atoms with Crippen LogP contribution in [0.4, 0.5) is 0 Å². The highest BCUT2D eigenvalue weighted by Crippen LogP contribution is 2.12. The van der Waals surface area contributed by atoms with Gasteiger partial charge in [0.15, 0.2) is 6.10 Å². The van der Waals surface area contributed by atoms with Crippen LogP contribution in [0.5, 0.6) is 5.75 Å². The molecule has 5 nitrogen and oxygen atoms in total. The second-order valence-electron chi connectivity index (χ2n) is 4.52. The van der Waals surface area contributed by atoms with Crippen molar-refractivity contribution < 1.29 is 23.8 Å².